The van der Waals surface area contributed by atoms with Crippen molar-refractivity contribution in [2.24, 2.45) is 0 Å². The largest absolute Gasteiger partial charge is 0.508 e. The molecule has 6 heteroatoms. The third kappa shape index (κ3) is 4.49. The highest BCUT2D eigenvalue weighted by molar-refractivity contribution is 6.06. The summed E-state index contributed by atoms with van der Waals surface area (Å²) in [4.78, 5) is 14.4. The molecule has 1 fully saturated rings. The van der Waals surface area contributed by atoms with Crippen LogP contribution in [0, 0.1) is 18.3 Å². The molecule has 3 N–H and O–H groups in total. The molecule has 1 atom stereocenters. The summed E-state index contributed by atoms with van der Waals surface area (Å²) < 4.78 is 0. The van der Waals surface area contributed by atoms with Crippen LogP contribution in [0.15, 0.2) is 30.0 Å². The van der Waals surface area contributed by atoms with Gasteiger partial charge in [0.15, 0.2) is 0 Å². The predicted octanol–water partition coefficient (Wildman–Crippen LogP) is 2.28. The summed E-state index contributed by atoms with van der Waals surface area (Å²) in [5.74, 6) is -0.346. The second kappa shape index (κ2) is 8.37. The third-order valence-corrected chi connectivity index (χ3v) is 4.25. The van der Waals surface area contributed by atoms with E-state index in [1.165, 1.54) is 6.07 Å². The molecule has 0 radical (unpaired) electrons. The summed E-state index contributed by atoms with van der Waals surface area (Å²) in [6.07, 6.45) is 5.29. The van der Waals surface area contributed by atoms with Gasteiger partial charge >= 0.3 is 0 Å². The molecule has 1 aromatic carbocycles. The summed E-state index contributed by atoms with van der Waals surface area (Å²) in [7, 11) is 0. The maximum absolute atomic E-state index is 12.4. The van der Waals surface area contributed by atoms with Crippen LogP contribution in [0.4, 0.5) is 5.69 Å². The van der Waals surface area contributed by atoms with E-state index in [0.717, 1.165) is 31.4 Å². The van der Waals surface area contributed by atoms with Gasteiger partial charge in [0.05, 0.1) is 0 Å². The van der Waals surface area contributed by atoms with Gasteiger partial charge in [0.25, 0.3) is 5.91 Å². The van der Waals surface area contributed by atoms with Crippen molar-refractivity contribution in [3.63, 3.8) is 0 Å². The van der Waals surface area contributed by atoms with E-state index in [1.54, 1.807) is 25.3 Å². The Kier molecular flexibility index (Phi) is 6.21. The number of aromatic hydroxyl groups is 1. The van der Waals surface area contributed by atoms with Gasteiger partial charge in [0.1, 0.15) is 17.4 Å². The molecule has 0 saturated carbocycles. The van der Waals surface area contributed by atoms with Crippen molar-refractivity contribution in [2.75, 3.05) is 18.5 Å². The van der Waals surface area contributed by atoms with E-state index in [4.69, 9.17) is 0 Å². The predicted molar refractivity (Wildman–Crippen MR) is 91.2 cm³/mol. The zero-order chi connectivity index (χ0) is 17.5. The molecule has 0 aliphatic carbocycles. The third-order valence-electron chi connectivity index (χ3n) is 4.25. The maximum atomic E-state index is 12.4. The first-order valence-corrected chi connectivity index (χ1v) is 8.14. The average Bonchev–Trinajstić information content (AvgIpc) is 2.56. The molecule has 1 saturated heterocycles. The summed E-state index contributed by atoms with van der Waals surface area (Å²) in [6, 6.07) is 6.76. The molecule has 1 aliphatic heterocycles. The average molecular weight is 329 g/mol. The number of piperidine rings is 1. The number of aryl methyl sites for hydroxylation is 1. The number of anilines is 1. The highest BCUT2D eigenvalue weighted by atomic mass is 16.3. The zero-order valence-electron chi connectivity index (χ0n) is 13.8. The van der Waals surface area contributed by atoms with E-state index >= 15 is 0 Å². The fraction of sp³-hybridized carbons (Fsp3) is 0.444. The van der Waals surface area contributed by atoms with Crippen molar-refractivity contribution in [1.82, 2.24) is 4.90 Å². The van der Waals surface area contributed by atoms with Crippen molar-refractivity contribution < 1.29 is 15.0 Å². The zero-order valence-corrected chi connectivity index (χ0v) is 13.8. The maximum Gasteiger partial charge on any atom is 0.267 e. The lowest BCUT2D eigenvalue weighted by molar-refractivity contribution is -0.112. The van der Waals surface area contributed by atoms with Gasteiger partial charge in [-0.2, -0.15) is 5.26 Å². The van der Waals surface area contributed by atoms with E-state index in [9.17, 15) is 20.3 Å². The van der Waals surface area contributed by atoms with Crippen LogP contribution >= 0.6 is 0 Å². The van der Waals surface area contributed by atoms with E-state index in [0.29, 0.717) is 12.1 Å². The fourth-order valence-corrected chi connectivity index (χ4v) is 2.93. The van der Waals surface area contributed by atoms with Crippen LogP contribution < -0.4 is 5.32 Å². The molecule has 6 nitrogen and oxygen atoms in total. The number of carbonyl (C=O) groups excluding carboxylic acids is 1. The summed E-state index contributed by atoms with van der Waals surface area (Å²) >= 11 is 0. The Hall–Kier alpha value is -2.52. The van der Waals surface area contributed by atoms with E-state index in [-0.39, 0.29) is 24.0 Å². The number of aliphatic hydroxyl groups excluding tert-OH is 1. The first kappa shape index (κ1) is 17.8. The van der Waals surface area contributed by atoms with Crippen molar-refractivity contribution in [2.45, 2.75) is 38.6 Å². The molecule has 1 unspecified atom stereocenters. The van der Waals surface area contributed by atoms with Crippen LogP contribution in [0.1, 0.15) is 31.2 Å². The minimum absolute atomic E-state index is 0.0346. The molecule has 128 valence electrons. The number of phenolic OH excluding ortho intramolecular Hbond substituents is 1. The van der Waals surface area contributed by atoms with Crippen LogP contribution in [0.3, 0.4) is 0 Å². The number of hydrogen-bond donors (Lipinski definition) is 3. The Balaban J connectivity index is 2.14. The Morgan fingerprint density at radius 2 is 2.29 bits per heavy atom. The topological polar surface area (TPSA) is 96.6 Å². The van der Waals surface area contributed by atoms with Crippen molar-refractivity contribution >= 4 is 11.6 Å². The van der Waals surface area contributed by atoms with E-state index in [2.05, 4.69) is 5.32 Å². The Bertz CT molecular complexity index is 662. The van der Waals surface area contributed by atoms with Gasteiger partial charge in [-0.25, -0.2) is 0 Å². The number of rotatable bonds is 5. The summed E-state index contributed by atoms with van der Waals surface area (Å²) in [5, 5.41) is 30.6. The van der Waals surface area contributed by atoms with Crippen molar-refractivity contribution in [3.05, 3.63) is 35.5 Å². The molecule has 1 aliphatic rings. The second-order valence-electron chi connectivity index (χ2n) is 6.01. The lowest BCUT2D eigenvalue weighted by Gasteiger charge is -2.34. The van der Waals surface area contributed by atoms with E-state index < -0.39 is 5.91 Å². The van der Waals surface area contributed by atoms with E-state index in [1.807, 2.05) is 11.0 Å². The molecule has 1 aromatic rings. The minimum atomic E-state index is -0.473. The molecular weight excluding hydrogens is 306 g/mol. The number of aliphatic hydroxyl groups is 1. The highest BCUT2D eigenvalue weighted by Gasteiger charge is 2.21. The molecule has 0 aromatic heterocycles. The number of amides is 1. The van der Waals surface area contributed by atoms with Gasteiger partial charge in [-0.1, -0.05) is 0 Å². The van der Waals surface area contributed by atoms with Gasteiger partial charge in [-0.3, -0.25) is 4.79 Å². The summed E-state index contributed by atoms with van der Waals surface area (Å²) in [6.45, 7) is 2.64. The molecule has 1 amide bonds. The number of nitrogens with zero attached hydrogens (tertiary/aromatic N) is 2. The fourth-order valence-electron chi connectivity index (χ4n) is 2.93. The van der Waals surface area contributed by atoms with Crippen LogP contribution in [-0.2, 0) is 4.79 Å². The quantitative estimate of drug-likeness (QED) is 0.437. The van der Waals surface area contributed by atoms with Crippen LogP contribution in [0.2, 0.25) is 0 Å². The van der Waals surface area contributed by atoms with Crippen molar-refractivity contribution in [1.29, 1.82) is 5.26 Å². The Morgan fingerprint density at radius 1 is 1.50 bits per heavy atom. The normalized spacial score (nSPS) is 18.1. The monoisotopic (exact) mass is 329 g/mol. The van der Waals surface area contributed by atoms with Gasteiger partial charge in [0, 0.05) is 31.1 Å². The lowest BCUT2D eigenvalue weighted by atomic mass is 10.00. The lowest BCUT2D eigenvalue weighted by Crippen LogP contribution is -2.37. The number of benzene rings is 1. The number of nitrogens with one attached hydrogen (secondary N) is 1. The SMILES string of the molecule is Cc1cc(O)ccc1NC(=O)/C(C#N)=C\N1CCCCC1CCO. The van der Waals surface area contributed by atoms with Crippen molar-refractivity contribution in [3.8, 4) is 11.8 Å². The number of likely N-dealkylation sites (tertiary alicyclic amines) is 1. The molecular formula is C18H23N3O3. The van der Waals surface area contributed by atoms with Gasteiger partial charge in [-0.05, 0) is 56.4 Å². The molecule has 0 bridgehead atoms. The Morgan fingerprint density at radius 3 is 2.96 bits per heavy atom. The molecule has 24 heavy (non-hydrogen) atoms. The number of phenols is 1. The van der Waals surface area contributed by atoms with Gasteiger partial charge in [-0.15, -0.1) is 0 Å². The molecule has 0 spiro atoms. The van der Waals surface area contributed by atoms with Crippen LogP contribution in [0.25, 0.3) is 0 Å². The second-order valence-corrected chi connectivity index (χ2v) is 6.01. The summed E-state index contributed by atoms with van der Waals surface area (Å²) in [5.41, 5.74) is 1.31. The van der Waals surface area contributed by atoms with Crippen LogP contribution in [-0.4, -0.2) is 40.2 Å². The minimum Gasteiger partial charge on any atom is -0.508 e. The highest BCUT2D eigenvalue weighted by Crippen LogP contribution is 2.22. The number of hydrogen-bond acceptors (Lipinski definition) is 5. The number of carbonyl (C=O) groups is 1. The smallest absolute Gasteiger partial charge is 0.267 e. The Labute approximate surface area is 142 Å². The molecule has 2 rings (SSSR count). The van der Waals surface area contributed by atoms with Crippen LogP contribution in [0.5, 0.6) is 5.75 Å². The molecule has 1 heterocycles. The first-order chi connectivity index (χ1) is 11.5. The standard InChI is InChI=1S/C18H23N3O3/c1-13-10-16(23)5-6-17(13)20-18(24)14(11-19)12-21-8-3-2-4-15(21)7-9-22/h5-6,10,12,15,22-23H,2-4,7-9H2,1H3,(H,20,24)/b14-12-. The van der Waals surface area contributed by atoms with Gasteiger partial charge in [0.2, 0.25) is 0 Å². The van der Waals surface area contributed by atoms with Gasteiger partial charge < -0.3 is 20.4 Å². The number of nitriles is 1. The first-order valence-electron chi connectivity index (χ1n) is 8.14.